The van der Waals surface area contributed by atoms with Gasteiger partial charge >= 0.3 is 0 Å². The van der Waals surface area contributed by atoms with Crippen molar-refractivity contribution in [1.82, 2.24) is 0 Å². The van der Waals surface area contributed by atoms with E-state index < -0.39 is 35.8 Å². The smallest absolute Gasteiger partial charge is 0.126 e. The summed E-state index contributed by atoms with van der Waals surface area (Å²) in [5.74, 6) is -0.607. The van der Waals surface area contributed by atoms with Crippen LogP contribution in [-0.2, 0) is 20.2 Å². The molecule has 2 rings (SSSR count). The molecule has 0 aliphatic rings. The molecule has 0 aliphatic heterocycles. The van der Waals surface area contributed by atoms with Gasteiger partial charge < -0.3 is 19.9 Å². The summed E-state index contributed by atoms with van der Waals surface area (Å²) >= 11 is 0. The van der Waals surface area contributed by atoms with E-state index in [0.717, 1.165) is 18.2 Å². The van der Waals surface area contributed by atoms with Gasteiger partial charge in [-0.2, -0.15) is 0 Å². The SMILES string of the molecule is Nc1cc(S(=O)(=O)[O-])cc2cc(S(=O)(=O)[O-])cc(O)c12. The molecule has 0 saturated carbocycles. The molecule has 3 N–H and O–H groups in total. The molecule has 0 atom stereocenters. The highest BCUT2D eigenvalue weighted by atomic mass is 32.2. The molecule has 0 radical (unpaired) electrons. The van der Waals surface area contributed by atoms with Crippen LogP contribution in [0, 0.1) is 0 Å². The highest BCUT2D eigenvalue weighted by molar-refractivity contribution is 7.86. The zero-order chi connectivity index (χ0) is 15.3. The molecule has 108 valence electrons. The topological polar surface area (TPSA) is 161 Å². The Hall–Kier alpha value is -1.88. The minimum absolute atomic E-state index is 0.0511. The van der Waals surface area contributed by atoms with E-state index in [1.165, 1.54) is 0 Å². The first-order chi connectivity index (χ1) is 9.00. The molecular formula is C10H7NO7S2-2. The Balaban J connectivity index is 2.95. The van der Waals surface area contributed by atoms with Crippen LogP contribution in [0.5, 0.6) is 5.75 Å². The third kappa shape index (κ3) is 2.54. The summed E-state index contributed by atoms with van der Waals surface area (Å²) in [6.07, 6.45) is 0. The number of hydrogen-bond donors (Lipinski definition) is 2. The highest BCUT2D eigenvalue weighted by Crippen LogP contribution is 2.34. The molecular weight excluding hydrogens is 310 g/mol. The van der Waals surface area contributed by atoms with Gasteiger partial charge in [-0.1, -0.05) is 0 Å². The third-order valence-corrected chi connectivity index (χ3v) is 4.21. The normalized spacial score (nSPS) is 12.7. The maximum atomic E-state index is 10.9. The number of hydrogen-bond acceptors (Lipinski definition) is 8. The Kier molecular flexibility index (Phi) is 3.13. The largest absolute Gasteiger partial charge is 0.744 e. The lowest BCUT2D eigenvalue weighted by Crippen LogP contribution is -2.02. The quantitative estimate of drug-likeness (QED) is 0.575. The monoisotopic (exact) mass is 317 g/mol. The summed E-state index contributed by atoms with van der Waals surface area (Å²) in [5, 5.41) is 9.48. The zero-order valence-electron chi connectivity index (χ0n) is 9.60. The average Bonchev–Trinajstić information content (AvgIpc) is 2.25. The van der Waals surface area contributed by atoms with E-state index in [1.54, 1.807) is 0 Å². The van der Waals surface area contributed by atoms with Crippen LogP contribution in [0.1, 0.15) is 0 Å². The second-order valence-electron chi connectivity index (χ2n) is 3.96. The third-order valence-electron chi connectivity index (χ3n) is 2.58. The minimum atomic E-state index is -4.86. The Labute approximate surface area is 114 Å². The highest BCUT2D eigenvalue weighted by Gasteiger charge is 2.13. The number of rotatable bonds is 2. The Morgan fingerprint density at radius 3 is 1.80 bits per heavy atom. The number of phenolic OH excluding ortho intramolecular Hbond substituents is 1. The van der Waals surface area contributed by atoms with Crippen molar-refractivity contribution in [2.45, 2.75) is 9.79 Å². The molecule has 20 heavy (non-hydrogen) atoms. The van der Waals surface area contributed by atoms with E-state index in [9.17, 15) is 31.0 Å². The second-order valence-corrected chi connectivity index (χ2v) is 6.72. The first-order valence-corrected chi connectivity index (χ1v) is 7.80. The molecule has 0 saturated heterocycles. The second kappa shape index (κ2) is 4.31. The van der Waals surface area contributed by atoms with Crippen molar-refractivity contribution < 1.29 is 31.0 Å². The van der Waals surface area contributed by atoms with E-state index in [2.05, 4.69) is 0 Å². The van der Waals surface area contributed by atoms with Crippen LogP contribution in [0.4, 0.5) is 5.69 Å². The number of nitrogens with two attached hydrogens (primary N) is 1. The summed E-state index contributed by atoms with van der Waals surface area (Å²) in [6.45, 7) is 0. The minimum Gasteiger partial charge on any atom is -0.744 e. The summed E-state index contributed by atoms with van der Waals surface area (Å²) in [7, 11) is -9.67. The fourth-order valence-electron chi connectivity index (χ4n) is 1.76. The number of benzene rings is 2. The number of fused-ring (bicyclic) bond motifs is 1. The summed E-state index contributed by atoms with van der Waals surface area (Å²) in [5.41, 5.74) is 5.29. The fourth-order valence-corrected chi connectivity index (χ4v) is 2.83. The van der Waals surface area contributed by atoms with Gasteiger partial charge in [0, 0.05) is 11.1 Å². The molecule has 0 unspecified atom stereocenters. The predicted molar refractivity (Wildman–Crippen MR) is 66.0 cm³/mol. The first kappa shape index (κ1) is 14.5. The maximum absolute atomic E-state index is 10.9. The van der Waals surface area contributed by atoms with Crippen molar-refractivity contribution >= 4 is 36.7 Å². The number of anilines is 1. The molecule has 8 nitrogen and oxygen atoms in total. The average molecular weight is 317 g/mol. The fraction of sp³-hybridized carbons (Fsp3) is 0. The molecule has 0 bridgehead atoms. The Morgan fingerprint density at radius 1 is 0.900 bits per heavy atom. The number of nitrogen functional groups attached to an aromatic ring is 1. The van der Waals surface area contributed by atoms with Crippen LogP contribution < -0.4 is 5.73 Å². The molecule has 10 heteroatoms. The lowest BCUT2D eigenvalue weighted by molar-refractivity contribution is 0.458. The lowest BCUT2D eigenvalue weighted by atomic mass is 10.1. The Bertz CT molecular complexity index is 844. The lowest BCUT2D eigenvalue weighted by Gasteiger charge is -2.14. The standard InChI is InChI=1S/C10H9NO7S2/c11-8-3-6(19(13,14)15)1-5-2-7(20(16,17)18)4-9(12)10(5)8/h1-4,12H,11H2,(H,13,14,15)(H,16,17,18)/p-2. The van der Waals surface area contributed by atoms with E-state index in [1.807, 2.05) is 0 Å². The van der Waals surface area contributed by atoms with Gasteiger partial charge in [0.25, 0.3) is 0 Å². The zero-order valence-corrected chi connectivity index (χ0v) is 11.2. The molecule has 0 aliphatic carbocycles. The van der Waals surface area contributed by atoms with Crippen molar-refractivity contribution in [2.24, 2.45) is 0 Å². The maximum Gasteiger partial charge on any atom is 0.126 e. The molecule has 0 heterocycles. The van der Waals surface area contributed by atoms with Crippen LogP contribution in [0.15, 0.2) is 34.1 Å². The molecule has 0 amide bonds. The van der Waals surface area contributed by atoms with Gasteiger partial charge in [-0.25, -0.2) is 16.8 Å². The number of phenols is 1. The molecule has 0 spiro atoms. The van der Waals surface area contributed by atoms with Crippen LogP contribution in [0.2, 0.25) is 0 Å². The first-order valence-electron chi connectivity index (χ1n) is 4.98. The van der Waals surface area contributed by atoms with Gasteiger partial charge in [-0.05, 0) is 29.7 Å². The predicted octanol–water partition coefficient (Wildman–Crippen LogP) is -0.0642. The van der Waals surface area contributed by atoms with Crippen LogP contribution in [-0.4, -0.2) is 31.0 Å². The van der Waals surface area contributed by atoms with Crippen LogP contribution in [0.3, 0.4) is 0 Å². The van der Waals surface area contributed by atoms with Gasteiger partial charge in [0.05, 0.1) is 9.79 Å². The van der Waals surface area contributed by atoms with Gasteiger partial charge in [0.1, 0.15) is 26.0 Å². The van der Waals surface area contributed by atoms with Gasteiger partial charge in [-0.15, -0.1) is 0 Å². The van der Waals surface area contributed by atoms with Crippen molar-refractivity contribution in [3.8, 4) is 5.75 Å². The van der Waals surface area contributed by atoms with E-state index in [0.29, 0.717) is 6.07 Å². The van der Waals surface area contributed by atoms with E-state index in [4.69, 9.17) is 5.73 Å². The van der Waals surface area contributed by atoms with E-state index >= 15 is 0 Å². The summed E-state index contributed by atoms with van der Waals surface area (Å²) < 4.78 is 65.6. The molecule has 0 aromatic heterocycles. The summed E-state index contributed by atoms with van der Waals surface area (Å²) in [6, 6.07) is 3.22. The summed E-state index contributed by atoms with van der Waals surface area (Å²) in [4.78, 5) is -1.45. The molecule has 2 aromatic carbocycles. The van der Waals surface area contributed by atoms with Gasteiger partial charge in [0.15, 0.2) is 0 Å². The van der Waals surface area contributed by atoms with Gasteiger partial charge in [-0.3, -0.25) is 0 Å². The van der Waals surface area contributed by atoms with E-state index in [-0.39, 0.29) is 16.5 Å². The van der Waals surface area contributed by atoms with Crippen molar-refractivity contribution in [3.63, 3.8) is 0 Å². The molecule has 0 fully saturated rings. The van der Waals surface area contributed by atoms with Crippen LogP contribution in [0.25, 0.3) is 10.8 Å². The Morgan fingerprint density at radius 2 is 1.35 bits per heavy atom. The van der Waals surface area contributed by atoms with Crippen LogP contribution >= 0.6 is 0 Å². The van der Waals surface area contributed by atoms with Crippen molar-refractivity contribution in [2.75, 3.05) is 5.73 Å². The van der Waals surface area contributed by atoms with Crippen molar-refractivity contribution in [3.05, 3.63) is 24.3 Å². The number of aromatic hydroxyl groups is 1. The molecule has 2 aromatic rings. The van der Waals surface area contributed by atoms with Crippen molar-refractivity contribution in [1.29, 1.82) is 0 Å². The van der Waals surface area contributed by atoms with Gasteiger partial charge in [0.2, 0.25) is 0 Å².